The highest BCUT2D eigenvalue weighted by Crippen LogP contribution is 2.32. The van der Waals surface area contributed by atoms with Gasteiger partial charge in [-0.15, -0.1) is 0 Å². The van der Waals surface area contributed by atoms with E-state index in [0.29, 0.717) is 0 Å². The minimum atomic E-state index is -1.20. The van der Waals surface area contributed by atoms with E-state index < -0.39 is 30.4 Å². The largest absolute Gasteiger partial charge is 0.480 e. The van der Waals surface area contributed by atoms with Crippen LogP contribution in [0.3, 0.4) is 0 Å². The fraction of sp³-hybridized carbons (Fsp3) is 0.286. The van der Waals surface area contributed by atoms with Crippen LogP contribution in [0.1, 0.15) is 20.8 Å². The Hall–Kier alpha value is -2.90. The zero-order valence-electron chi connectivity index (χ0n) is 12.3. The van der Waals surface area contributed by atoms with Gasteiger partial charge in [0, 0.05) is 32.5 Å². The van der Waals surface area contributed by atoms with Gasteiger partial charge < -0.3 is 19.5 Å². The molecule has 118 valence electrons. The fourth-order valence-electron chi connectivity index (χ4n) is 1.66. The van der Waals surface area contributed by atoms with Crippen LogP contribution in [0.4, 0.5) is 5.69 Å². The van der Waals surface area contributed by atoms with Gasteiger partial charge in [-0.3, -0.25) is 19.2 Å². The van der Waals surface area contributed by atoms with E-state index in [2.05, 4.69) is 0 Å². The number of carbonyl (C=O) groups excluding carboxylic acids is 3. The second kappa shape index (κ2) is 7.21. The van der Waals surface area contributed by atoms with Gasteiger partial charge in [0.15, 0.2) is 11.5 Å². The van der Waals surface area contributed by atoms with Gasteiger partial charge in [0.05, 0.1) is 0 Å². The molecule has 1 aromatic carbocycles. The van der Waals surface area contributed by atoms with E-state index in [9.17, 15) is 19.2 Å². The van der Waals surface area contributed by atoms with Crippen LogP contribution in [0.2, 0.25) is 0 Å². The Kier molecular flexibility index (Phi) is 5.62. The molecule has 0 radical (unpaired) electrons. The van der Waals surface area contributed by atoms with Crippen LogP contribution in [0.15, 0.2) is 18.2 Å². The van der Waals surface area contributed by atoms with E-state index in [0.717, 1.165) is 11.8 Å². The maximum Gasteiger partial charge on any atom is 0.323 e. The van der Waals surface area contributed by atoms with Crippen LogP contribution in [0.5, 0.6) is 11.5 Å². The topological polar surface area (TPSA) is 110 Å². The van der Waals surface area contributed by atoms with Crippen LogP contribution < -0.4 is 14.4 Å². The summed E-state index contributed by atoms with van der Waals surface area (Å²) in [7, 11) is 0. The van der Waals surface area contributed by atoms with Gasteiger partial charge in [-0.2, -0.15) is 0 Å². The molecule has 0 spiro atoms. The molecular weight excluding hydrogens is 294 g/mol. The number of esters is 2. The first-order valence-corrected chi connectivity index (χ1v) is 6.21. The quantitative estimate of drug-likeness (QED) is 0.637. The van der Waals surface area contributed by atoms with Crippen molar-refractivity contribution in [1.82, 2.24) is 0 Å². The Labute approximate surface area is 126 Å². The third-order valence-corrected chi connectivity index (χ3v) is 2.42. The summed E-state index contributed by atoms with van der Waals surface area (Å²) in [6, 6.07) is 3.95. The summed E-state index contributed by atoms with van der Waals surface area (Å²) < 4.78 is 9.81. The summed E-state index contributed by atoms with van der Waals surface area (Å²) in [5.74, 6) is -3.07. The average Bonchev–Trinajstić information content (AvgIpc) is 2.36. The molecule has 0 aliphatic carbocycles. The van der Waals surface area contributed by atoms with Gasteiger partial charge in [-0.05, 0) is 12.1 Å². The summed E-state index contributed by atoms with van der Waals surface area (Å²) in [5.41, 5.74) is 0.196. The summed E-state index contributed by atoms with van der Waals surface area (Å²) >= 11 is 0. The van der Waals surface area contributed by atoms with Crippen molar-refractivity contribution in [3.05, 3.63) is 18.2 Å². The number of hydrogen-bond acceptors (Lipinski definition) is 6. The van der Waals surface area contributed by atoms with Crippen molar-refractivity contribution < 1.29 is 33.8 Å². The summed E-state index contributed by atoms with van der Waals surface area (Å²) in [6.45, 7) is 2.98. The molecular formula is C14H15NO7. The van der Waals surface area contributed by atoms with Gasteiger partial charge >= 0.3 is 17.9 Å². The molecule has 1 N–H and O–H groups in total. The monoisotopic (exact) mass is 309 g/mol. The molecule has 0 aromatic heterocycles. The first-order chi connectivity index (χ1) is 10.2. The van der Waals surface area contributed by atoms with Crippen molar-refractivity contribution >= 4 is 29.5 Å². The minimum absolute atomic E-state index is 0.00900. The second-order valence-corrected chi connectivity index (χ2v) is 4.32. The van der Waals surface area contributed by atoms with Crippen LogP contribution in [-0.4, -0.2) is 35.5 Å². The van der Waals surface area contributed by atoms with Crippen molar-refractivity contribution in [1.29, 1.82) is 0 Å². The molecule has 1 amide bonds. The number of anilines is 1. The van der Waals surface area contributed by atoms with Gasteiger partial charge in [0.1, 0.15) is 6.54 Å². The maximum absolute atomic E-state index is 11.5. The molecule has 8 nitrogen and oxygen atoms in total. The van der Waals surface area contributed by atoms with Crippen LogP contribution >= 0.6 is 0 Å². The molecule has 1 rings (SSSR count). The van der Waals surface area contributed by atoms with Crippen LogP contribution in [0.25, 0.3) is 0 Å². The summed E-state index contributed by atoms with van der Waals surface area (Å²) in [6.07, 6.45) is 0. The van der Waals surface area contributed by atoms with E-state index in [-0.39, 0.29) is 17.2 Å². The number of ether oxygens (including phenoxy) is 2. The number of aliphatic carboxylic acids is 1. The molecule has 0 atom stereocenters. The number of nitrogens with zero attached hydrogens (tertiary/aromatic N) is 1. The third-order valence-electron chi connectivity index (χ3n) is 2.42. The Morgan fingerprint density at radius 1 is 1.00 bits per heavy atom. The standard InChI is InChI=1S/C14H15NO7/c1-8(16)15(7-14(19)20)11-4-5-12(21-9(2)17)13(6-11)22-10(3)18/h4-6H,7H2,1-3H3,(H,19,20). The fourth-order valence-corrected chi connectivity index (χ4v) is 1.66. The summed E-state index contributed by atoms with van der Waals surface area (Å²) in [4.78, 5) is 45.5. The van der Waals surface area contributed by atoms with Gasteiger partial charge in [0.2, 0.25) is 5.91 Å². The Morgan fingerprint density at radius 3 is 2.00 bits per heavy atom. The van der Waals surface area contributed by atoms with E-state index >= 15 is 0 Å². The van der Waals surface area contributed by atoms with Crippen molar-refractivity contribution in [3.8, 4) is 11.5 Å². The third kappa shape index (κ3) is 4.89. The van der Waals surface area contributed by atoms with Crippen molar-refractivity contribution in [3.63, 3.8) is 0 Å². The molecule has 0 unspecified atom stereocenters. The SMILES string of the molecule is CC(=O)Oc1ccc(N(CC(=O)O)C(C)=O)cc1OC(C)=O. The first-order valence-electron chi connectivity index (χ1n) is 6.21. The molecule has 22 heavy (non-hydrogen) atoms. The second-order valence-electron chi connectivity index (χ2n) is 4.32. The van der Waals surface area contributed by atoms with E-state index in [1.807, 2.05) is 0 Å². The highest BCUT2D eigenvalue weighted by atomic mass is 16.6. The summed E-state index contributed by atoms with van der Waals surface area (Å²) in [5, 5.41) is 8.83. The molecule has 0 fully saturated rings. The lowest BCUT2D eigenvalue weighted by Crippen LogP contribution is -2.33. The molecule has 0 saturated heterocycles. The number of carboxylic acid groups (broad SMARTS) is 1. The van der Waals surface area contributed by atoms with Crippen LogP contribution in [0, 0.1) is 0 Å². The number of amides is 1. The average molecular weight is 309 g/mol. The van der Waals surface area contributed by atoms with Crippen molar-refractivity contribution in [2.45, 2.75) is 20.8 Å². The lowest BCUT2D eigenvalue weighted by molar-refractivity contribution is -0.136. The minimum Gasteiger partial charge on any atom is -0.480 e. The molecule has 0 bridgehead atoms. The van der Waals surface area contributed by atoms with E-state index in [1.165, 1.54) is 32.0 Å². The molecule has 0 heterocycles. The Morgan fingerprint density at radius 2 is 1.55 bits per heavy atom. The van der Waals surface area contributed by atoms with Crippen molar-refractivity contribution in [2.75, 3.05) is 11.4 Å². The first kappa shape index (κ1) is 17.2. The highest BCUT2D eigenvalue weighted by Gasteiger charge is 2.19. The normalized spacial score (nSPS) is 9.77. The molecule has 0 aliphatic rings. The zero-order chi connectivity index (χ0) is 16.9. The lowest BCUT2D eigenvalue weighted by Gasteiger charge is -2.20. The zero-order valence-corrected chi connectivity index (χ0v) is 12.3. The number of hydrogen-bond donors (Lipinski definition) is 1. The van der Waals surface area contributed by atoms with Gasteiger partial charge in [-0.1, -0.05) is 0 Å². The smallest absolute Gasteiger partial charge is 0.323 e. The maximum atomic E-state index is 11.5. The number of carbonyl (C=O) groups is 4. The predicted octanol–water partition coefficient (Wildman–Crippen LogP) is 0.975. The Balaban J connectivity index is 3.25. The number of carboxylic acids is 1. The molecule has 1 aromatic rings. The van der Waals surface area contributed by atoms with Crippen LogP contribution in [-0.2, 0) is 19.2 Å². The molecule has 0 aliphatic heterocycles. The van der Waals surface area contributed by atoms with E-state index in [4.69, 9.17) is 14.6 Å². The van der Waals surface area contributed by atoms with Gasteiger partial charge in [-0.25, -0.2) is 0 Å². The number of benzene rings is 1. The van der Waals surface area contributed by atoms with Crippen molar-refractivity contribution in [2.24, 2.45) is 0 Å². The predicted molar refractivity (Wildman–Crippen MR) is 74.7 cm³/mol. The molecule has 0 saturated carbocycles. The Bertz CT molecular complexity index is 624. The number of rotatable bonds is 5. The lowest BCUT2D eigenvalue weighted by atomic mass is 10.2. The highest BCUT2D eigenvalue weighted by molar-refractivity contribution is 5.96. The van der Waals surface area contributed by atoms with Gasteiger partial charge in [0.25, 0.3) is 0 Å². The molecule has 8 heteroatoms. The van der Waals surface area contributed by atoms with E-state index in [1.54, 1.807) is 0 Å².